The van der Waals surface area contributed by atoms with Gasteiger partial charge >= 0.3 is 0 Å². The first-order chi connectivity index (χ1) is 11.2. The van der Waals surface area contributed by atoms with E-state index in [1.54, 1.807) is 12.1 Å². The summed E-state index contributed by atoms with van der Waals surface area (Å²) < 4.78 is 14.2. The zero-order valence-electron chi connectivity index (χ0n) is 13.1. The lowest BCUT2D eigenvalue weighted by atomic mass is 10.0. The van der Waals surface area contributed by atoms with Crippen LogP contribution in [-0.4, -0.2) is 29.3 Å². The van der Waals surface area contributed by atoms with Crippen LogP contribution in [-0.2, 0) is 6.54 Å². The second-order valence-corrected chi connectivity index (χ2v) is 5.96. The number of aromatic amines is 1. The van der Waals surface area contributed by atoms with Gasteiger partial charge in [0.1, 0.15) is 5.82 Å². The maximum atomic E-state index is 14.2. The van der Waals surface area contributed by atoms with Gasteiger partial charge in [0.2, 0.25) is 0 Å². The molecule has 1 aromatic carbocycles. The third-order valence-corrected chi connectivity index (χ3v) is 4.35. The van der Waals surface area contributed by atoms with Gasteiger partial charge in [-0.2, -0.15) is 10.4 Å². The molecule has 0 saturated carbocycles. The highest BCUT2D eigenvalue weighted by Crippen LogP contribution is 2.24. The smallest absolute Gasteiger partial charge is 0.147 e. The van der Waals surface area contributed by atoms with Crippen molar-refractivity contribution in [3.8, 4) is 6.07 Å². The molecule has 0 radical (unpaired) electrons. The average molecular weight is 313 g/mol. The number of rotatable bonds is 4. The molecule has 0 bridgehead atoms. The summed E-state index contributed by atoms with van der Waals surface area (Å²) in [6.45, 7) is 4.37. The molecular weight excluding hydrogens is 293 g/mol. The number of hydrogen-bond donors (Lipinski definition) is 2. The molecule has 1 atom stereocenters. The number of anilines is 1. The summed E-state index contributed by atoms with van der Waals surface area (Å²) in [5.41, 5.74) is 3.17. The Bertz CT molecular complexity index is 718. The van der Waals surface area contributed by atoms with Crippen molar-refractivity contribution in [3.05, 3.63) is 47.0 Å². The molecule has 1 aliphatic heterocycles. The zero-order chi connectivity index (χ0) is 16.2. The summed E-state index contributed by atoms with van der Waals surface area (Å²) in [5, 5.41) is 19.3. The van der Waals surface area contributed by atoms with Gasteiger partial charge in [0, 0.05) is 36.9 Å². The Hall–Kier alpha value is -2.39. The number of nitriles is 1. The monoisotopic (exact) mass is 313 g/mol. The molecule has 1 fully saturated rings. The van der Waals surface area contributed by atoms with Gasteiger partial charge in [-0.25, -0.2) is 4.39 Å². The van der Waals surface area contributed by atoms with Gasteiger partial charge in [0.25, 0.3) is 0 Å². The number of aromatic nitrogens is 2. The third kappa shape index (κ3) is 3.51. The van der Waals surface area contributed by atoms with Gasteiger partial charge in [-0.15, -0.1) is 0 Å². The maximum Gasteiger partial charge on any atom is 0.147 e. The fourth-order valence-electron chi connectivity index (χ4n) is 3.00. The summed E-state index contributed by atoms with van der Waals surface area (Å²) in [4.78, 5) is 2.06. The fraction of sp³-hybridized carbons (Fsp3) is 0.412. The first-order valence-corrected chi connectivity index (χ1v) is 7.84. The molecular formula is C17H20FN5. The molecule has 6 heteroatoms. The highest BCUT2D eigenvalue weighted by Gasteiger charge is 2.22. The molecule has 23 heavy (non-hydrogen) atoms. The molecule has 0 aliphatic carbocycles. The zero-order valence-corrected chi connectivity index (χ0v) is 13.1. The van der Waals surface area contributed by atoms with E-state index in [1.807, 2.05) is 19.2 Å². The second kappa shape index (κ2) is 6.80. The largest absolute Gasteiger partial charge is 0.368 e. The van der Waals surface area contributed by atoms with Crippen molar-refractivity contribution in [2.75, 3.05) is 18.0 Å². The van der Waals surface area contributed by atoms with Crippen LogP contribution < -0.4 is 10.2 Å². The van der Waals surface area contributed by atoms with Gasteiger partial charge in [-0.1, -0.05) is 0 Å². The molecule has 2 aromatic rings. The summed E-state index contributed by atoms with van der Waals surface area (Å²) in [5.74, 6) is -0.324. The molecule has 5 nitrogen and oxygen atoms in total. The minimum atomic E-state index is -0.324. The van der Waals surface area contributed by atoms with E-state index in [1.165, 1.54) is 6.07 Å². The molecule has 1 aromatic heterocycles. The van der Waals surface area contributed by atoms with Gasteiger partial charge in [0.15, 0.2) is 0 Å². The Morgan fingerprint density at radius 1 is 1.52 bits per heavy atom. The molecule has 0 unspecified atom stereocenters. The van der Waals surface area contributed by atoms with E-state index in [0.29, 0.717) is 17.3 Å². The molecule has 0 spiro atoms. The van der Waals surface area contributed by atoms with Crippen molar-refractivity contribution >= 4 is 5.69 Å². The lowest BCUT2D eigenvalue weighted by Gasteiger charge is -2.35. The van der Waals surface area contributed by atoms with Crippen LogP contribution in [0.2, 0.25) is 0 Å². The Labute approximate surface area is 135 Å². The van der Waals surface area contributed by atoms with Crippen LogP contribution in [0.3, 0.4) is 0 Å². The van der Waals surface area contributed by atoms with E-state index < -0.39 is 0 Å². The molecule has 0 amide bonds. The second-order valence-electron chi connectivity index (χ2n) is 5.96. The van der Waals surface area contributed by atoms with Crippen LogP contribution >= 0.6 is 0 Å². The highest BCUT2D eigenvalue weighted by atomic mass is 19.1. The number of nitrogens with one attached hydrogen (secondary N) is 2. The van der Waals surface area contributed by atoms with E-state index in [-0.39, 0.29) is 5.82 Å². The van der Waals surface area contributed by atoms with E-state index in [9.17, 15) is 4.39 Å². The van der Waals surface area contributed by atoms with Crippen molar-refractivity contribution in [3.63, 3.8) is 0 Å². The number of nitrogens with zero attached hydrogens (tertiary/aromatic N) is 3. The SMILES string of the molecule is Cc1[nH]ncc1CN[C@@H]1CCCN(c2ccc(C#N)cc2F)C1. The summed E-state index contributed by atoms with van der Waals surface area (Å²) >= 11 is 0. The van der Waals surface area contributed by atoms with E-state index >= 15 is 0 Å². The number of piperidine rings is 1. The van der Waals surface area contributed by atoms with Crippen molar-refractivity contribution in [1.82, 2.24) is 15.5 Å². The number of aryl methyl sites for hydroxylation is 1. The van der Waals surface area contributed by atoms with Crippen molar-refractivity contribution in [2.45, 2.75) is 32.4 Å². The van der Waals surface area contributed by atoms with Gasteiger partial charge in [0.05, 0.1) is 23.5 Å². The quantitative estimate of drug-likeness (QED) is 0.910. The van der Waals surface area contributed by atoms with E-state index in [4.69, 9.17) is 5.26 Å². The lowest BCUT2D eigenvalue weighted by Crippen LogP contribution is -2.45. The summed E-state index contributed by atoms with van der Waals surface area (Å²) in [6.07, 6.45) is 3.93. The van der Waals surface area contributed by atoms with Crippen LogP contribution in [0.5, 0.6) is 0 Å². The summed E-state index contributed by atoms with van der Waals surface area (Å²) in [6, 6.07) is 6.96. The number of H-pyrrole nitrogens is 1. The van der Waals surface area contributed by atoms with Crippen molar-refractivity contribution < 1.29 is 4.39 Å². The Balaban J connectivity index is 1.64. The predicted octanol–water partition coefficient (Wildman–Crippen LogP) is 2.49. The predicted molar refractivity (Wildman–Crippen MR) is 86.5 cm³/mol. The number of benzene rings is 1. The minimum absolute atomic E-state index is 0.313. The van der Waals surface area contributed by atoms with Crippen molar-refractivity contribution in [2.24, 2.45) is 0 Å². The van der Waals surface area contributed by atoms with Crippen LogP contribution in [0.15, 0.2) is 24.4 Å². The van der Waals surface area contributed by atoms with E-state index in [0.717, 1.165) is 43.7 Å². The summed E-state index contributed by atoms with van der Waals surface area (Å²) in [7, 11) is 0. The lowest BCUT2D eigenvalue weighted by molar-refractivity contribution is 0.418. The van der Waals surface area contributed by atoms with E-state index in [2.05, 4.69) is 20.4 Å². The maximum absolute atomic E-state index is 14.2. The van der Waals surface area contributed by atoms with Crippen LogP contribution in [0.25, 0.3) is 0 Å². The highest BCUT2D eigenvalue weighted by molar-refractivity contribution is 5.51. The first kappa shape index (κ1) is 15.5. The topological polar surface area (TPSA) is 67.7 Å². The molecule has 3 rings (SSSR count). The third-order valence-electron chi connectivity index (χ3n) is 4.35. The Morgan fingerprint density at radius 2 is 2.39 bits per heavy atom. The normalized spacial score (nSPS) is 18.0. The van der Waals surface area contributed by atoms with Crippen LogP contribution in [0.4, 0.5) is 10.1 Å². The van der Waals surface area contributed by atoms with Gasteiger partial charge < -0.3 is 10.2 Å². The van der Waals surface area contributed by atoms with Crippen molar-refractivity contribution in [1.29, 1.82) is 5.26 Å². The molecule has 120 valence electrons. The van der Waals surface area contributed by atoms with Crippen LogP contribution in [0.1, 0.15) is 29.7 Å². The fourth-order valence-corrected chi connectivity index (χ4v) is 3.00. The molecule has 2 N–H and O–H groups in total. The molecule has 1 saturated heterocycles. The van der Waals surface area contributed by atoms with Gasteiger partial charge in [-0.05, 0) is 38.0 Å². The Kier molecular flexibility index (Phi) is 4.58. The van der Waals surface area contributed by atoms with Gasteiger partial charge in [-0.3, -0.25) is 5.10 Å². The van der Waals surface area contributed by atoms with Crippen LogP contribution in [0, 0.1) is 24.1 Å². The minimum Gasteiger partial charge on any atom is -0.368 e. The first-order valence-electron chi connectivity index (χ1n) is 7.84. The number of halogens is 1. The average Bonchev–Trinajstić information content (AvgIpc) is 2.98. The molecule has 1 aliphatic rings. The number of hydrogen-bond acceptors (Lipinski definition) is 4. The molecule has 2 heterocycles. The Morgan fingerprint density at radius 3 is 3.09 bits per heavy atom. The standard InChI is InChI=1S/C17H20FN5/c1-12-14(10-21-22-12)9-20-15-3-2-6-23(11-15)17-5-4-13(8-19)7-16(17)18/h4-5,7,10,15,20H,2-3,6,9,11H2,1H3,(H,21,22)/t15-/m1/s1.